The average Bonchev–Trinajstić information content (AvgIpc) is 2.96. The van der Waals surface area contributed by atoms with Crippen molar-refractivity contribution in [3.63, 3.8) is 0 Å². The molecule has 0 unspecified atom stereocenters. The molecule has 4 rings (SSSR count). The minimum absolute atomic E-state index is 0.0279. The highest BCUT2D eigenvalue weighted by Crippen LogP contribution is 2.39. The molecule has 0 spiro atoms. The van der Waals surface area contributed by atoms with E-state index in [1.165, 1.54) is 11.3 Å². The molecule has 1 aliphatic heterocycles. The number of halogens is 1. The summed E-state index contributed by atoms with van der Waals surface area (Å²) < 4.78 is 5.93. The summed E-state index contributed by atoms with van der Waals surface area (Å²) in [5, 5.41) is 4.01. The fourth-order valence-corrected chi connectivity index (χ4v) is 3.32. The van der Waals surface area contributed by atoms with E-state index in [1.54, 1.807) is 17.0 Å². The van der Waals surface area contributed by atoms with E-state index in [-0.39, 0.29) is 11.8 Å². The number of rotatable bonds is 3. The molecule has 2 aromatic heterocycles. The van der Waals surface area contributed by atoms with Gasteiger partial charge in [-0.1, -0.05) is 16.8 Å². The summed E-state index contributed by atoms with van der Waals surface area (Å²) in [6.45, 7) is 1.28. The van der Waals surface area contributed by atoms with Gasteiger partial charge in [0.25, 0.3) is 5.91 Å². The quantitative estimate of drug-likeness (QED) is 0.874. The van der Waals surface area contributed by atoms with Crippen LogP contribution in [-0.2, 0) is 0 Å². The van der Waals surface area contributed by atoms with Crippen LogP contribution in [0.25, 0.3) is 0 Å². The average molecular weight is 310 g/mol. The number of hydrogen-bond donors (Lipinski definition) is 0. The Kier molecular flexibility index (Phi) is 2.82. The molecule has 0 bridgehead atoms. The maximum absolute atomic E-state index is 12.2. The fourth-order valence-electron chi connectivity index (χ4n) is 2.31. The van der Waals surface area contributed by atoms with Crippen LogP contribution in [0.3, 0.4) is 0 Å². The van der Waals surface area contributed by atoms with Gasteiger partial charge in [0.2, 0.25) is 5.89 Å². The highest BCUT2D eigenvalue weighted by molar-refractivity contribution is 7.17. The lowest BCUT2D eigenvalue weighted by atomic mass is 10.00. The SMILES string of the molecule is O=C(c1ccc(Cl)s1)N1CC(c2nc(C3CC3)no2)C1. The molecule has 1 saturated carbocycles. The fraction of sp³-hybridized carbons (Fsp3) is 0.462. The molecular weight excluding hydrogens is 298 g/mol. The topological polar surface area (TPSA) is 59.2 Å². The first kappa shape index (κ1) is 12.3. The monoisotopic (exact) mass is 309 g/mol. The highest BCUT2D eigenvalue weighted by Gasteiger charge is 2.37. The summed E-state index contributed by atoms with van der Waals surface area (Å²) in [6, 6.07) is 3.51. The third kappa shape index (κ3) is 2.13. The predicted octanol–water partition coefficient (Wildman–Crippen LogP) is 2.90. The van der Waals surface area contributed by atoms with Crippen molar-refractivity contribution in [2.75, 3.05) is 13.1 Å². The molecular formula is C13H12ClN3O2S. The van der Waals surface area contributed by atoms with Crippen LogP contribution < -0.4 is 0 Å². The highest BCUT2D eigenvalue weighted by atomic mass is 35.5. The lowest BCUT2D eigenvalue weighted by Gasteiger charge is -2.36. The lowest BCUT2D eigenvalue weighted by Crippen LogP contribution is -2.48. The summed E-state index contributed by atoms with van der Waals surface area (Å²) in [5.74, 6) is 2.20. The van der Waals surface area contributed by atoms with Gasteiger partial charge in [-0.2, -0.15) is 4.98 Å². The number of carbonyl (C=O) groups excluding carboxylic acids is 1. The van der Waals surface area contributed by atoms with Gasteiger partial charge in [-0.05, 0) is 25.0 Å². The Morgan fingerprint density at radius 1 is 1.35 bits per heavy atom. The molecule has 1 amide bonds. The van der Waals surface area contributed by atoms with E-state index in [1.807, 2.05) is 0 Å². The molecule has 20 heavy (non-hydrogen) atoms. The molecule has 1 saturated heterocycles. The van der Waals surface area contributed by atoms with Crippen LogP contribution in [0.4, 0.5) is 0 Å². The maximum atomic E-state index is 12.2. The largest absolute Gasteiger partial charge is 0.339 e. The van der Waals surface area contributed by atoms with Gasteiger partial charge in [0.05, 0.1) is 15.1 Å². The summed E-state index contributed by atoms with van der Waals surface area (Å²) in [4.78, 5) is 19.0. The third-order valence-corrected chi connectivity index (χ3v) is 4.92. The third-order valence-electron chi connectivity index (χ3n) is 3.70. The van der Waals surface area contributed by atoms with Gasteiger partial charge in [0.15, 0.2) is 5.82 Å². The Morgan fingerprint density at radius 2 is 2.15 bits per heavy atom. The van der Waals surface area contributed by atoms with Crippen molar-refractivity contribution < 1.29 is 9.32 Å². The predicted molar refractivity (Wildman–Crippen MR) is 74.2 cm³/mol. The van der Waals surface area contributed by atoms with Crippen LogP contribution in [0.2, 0.25) is 4.34 Å². The van der Waals surface area contributed by atoms with Gasteiger partial charge >= 0.3 is 0 Å². The van der Waals surface area contributed by atoms with Gasteiger partial charge < -0.3 is 9.42 Å². The summed E-state index contributed by atoms with van der Waals surface area (Å²) >= 11 is 7.16. The van der Waals surface area contributed by atoms with Crippen LogP contribution in [0.1, 0.15) is 46.1 Å². The second-order valence-corrected chi connectivity index (χ2v) is 6.99. The van der Waals surface area contributed by atoms with Crippen LogP contribution in [0.5, 0.6) is 0 Å². The number of carbonyl (C=O) groups is 1. The minimum atomic E-state index is 0.0279. The van der Waals surface area contributed by atoms with Gasteiger partial charge in [0, 0.05) is 19.0 Å². The Hall–Kier alpha value is -1.40. The molecule has 5 nitrogen and oxygen atoms in total. The van der Waals surface area contributed by atoms with E-state index < -0.39 is 0 Å². The number of thiophene rings is 1. The van der Waals surface area contributed by atoms with E-state index in [2.05, 4.69) is 10.1 Å². The van der Waals surface area contributed by atoms with Crippen LogP contribution in [0.15, 0.2) is 16.7 Å². The van der Waals surface area contributed by atoms with E-state index in [9.17, 15) is 4.79 Å². The maximum Gasteiger partial charge on any atom is 0.264 e. The molecule has 1 aliphatic carbocycles. The number of hydrogen-bond acceptors (Lipinski definition) is 5. The van der Waals surface area contributed by atoms with Gasteiger partial charge in [-0.15, -0.1) is 11.3 Å². The van der Waals surface area contributed by atoms with Crippen molar-refractivity contribution in [3.05, 3.63) is 33.1 Å². The van der Waals surface area contributed by atoms with E-state index in [4.69, 9.17) is 16.1 Å². The van der Waals surface area contributed by atoms with Crippen molar-refractivity contribution in [1.82, 2.24) is 15.0 Å². The number of likely N-dealkylation sites (tertiary alicyclic amines) is 1. The molecule has 0 radical (unpaired) electrons. The molecule has 2 aliphatic rings. The van der Waals surface area contributed by atoms with Gasteiger partial charge in [0.1, 0.15) is 0 Å². The zero-order valence-corrected chi connectivity index (χ0v) is 12.2. The number of amides is 1. The van der Waals surface area contributed by atoms with Crippen molar-refractivity contribution in [1.29, 1.82) is 0 Å². The zero-order valence-electron chi connectivity index (χ0n) is 10.6. The first-order valence-corrected chi connectivity index (χ1v) is 7.78. The standard InChI is InChI=1S/C13H12ClN3O2S/c14-10-4-3-9(20-10)13(18)17-5-8(6-17)12-15-11(16-19-12)7-1-2-7/h3-4,7-8H,1-2,5-6H2. The first-order valence-electron chi connectivity index (χ1n) is 6.59. The molecule has 104 valence electrons. The molecule has 0 atom stereocenters. The van der Waals surface area contributed by atoms with Crippen molar-refractivity contribution in [2.24, 2.45) is 0 Å². The van der Waals surface area contributed by atoms with Crippen LogP contribution >= 0.6 is 22.9 Å². The second kappa shape index (κ2) is 4.56. The van der Waals surface area contributed by atoms with E-state index in [0.29, 0.717) is 34.1 Å². The Labute approximate surface area is 124 Å². The van der Waals surface area contributed by atoms with E-state index in [0.717, 1.165) is 18.7 Å². The smallest absolute Gasteiger partial charge is 0.264 e. The Balaban J connectivity index is 1.39. The lowest BCUT2D eigenvalue weighted by molar-refractivity contribution is 0.0574. The number of nitrogens with zero attached hydrogens (tertiary/aromatic N) is 3. The van der Waals surface area contributed by atoms with Gasteiger partial charge in [-0.25, -0.2) is 0 Å². The van der Waals surface area contributed by atoms with Crippen molar-refractivity contribution in [3.8, 4) is 0 Å². The van der Waals surface area contributed by atoms with Gasteiger partial charge in [-0.3, -0.25) is 4.79 Å². The zero-order chi connectivity index (χ0) is 13.7. The number of aromatic nitrogens is 2. The molecule has 7 heteroatoms. The molecule has 2 aromatic rings. The molecule has 2 fully saturated rings. The second-order valence-electron chi connectivity index (χ2n) is 5.28. The van der Waals surface area contributed by atoms with Crippen LogP contribution in [0, 0.1) is 0 Å². The normalized spacial score (nSPS) is 19.1. The summed E-state index contributed by atoms with van der Waals surface area (Å²) in [5.41, 5.74) is 0. The Bertz CT molecular complexity index is 658. The molecule has 3 heterocycles. The minimum Gasteiger partial charge on any atom is -0.339 e. The Morgan fingerprint density at radius 3 is 2.80 bits per heavy atom. The summed E-state index contributed by atoms with van der Waals surface area (Å²) in [7, 11) is 0. The molecule has 0 N–H and O–H groups in total. The van der Waals surface area contributed by atoms with Crippen molar-refractivity contribution in [2.45, 2.75) is 24.7 Å². The first-order chi connectivity index (χ1) is 9.70. The van der Waals surface area contributed by atoms with Crippen molar-refractivity contribution >= 4 is 28.8 Å². The van der Waals surface area contributed by atoms with Crippen LogP contribution in [-0.4, -0.2) is 34.0 Å². The van der Waals surface area contributed by atoms with E-state index >= 15 is 0 Å². The summed E-state index contributed by atoms with van der Waals surface area (Å²) in [6.07, 6.45) is 2.32. The molecule has 0 aromatic carbocycles.